The normalized spacial score (nSPS) is 20.4. The topological polar surface area (TPSA) is 105 Å². The Morgan fingerprint density at radius 3 is 2.19 bits per heavy atom. The first-order valence-corrected chi connectivity index (χ1v) is 12.4. The highest BCUT2D eigenvalue weighted by atomic mass is 16.5. The van der Waals surface area contributed by atoms with Crippen LogP contribution in [0.5, 0.6) is 0 Å². The highest BCUT2D eigenvalue weighted by Gasteiger charge is 2.37. The molecule has 0 aromatic heterocycles. The Morgan fingerprint density at radius 1 is 1.00 bits per heavy atom. The number of carbonyl (C=O) groups excluding carboxylic acids is 3. The highest BCUT2D eigenvalue weighted by Crippen LogP contribution is 2.30. The van der Waals surface area contributed by atoms with Gasteiger partial charge in [-0.3, -0.25) is 14.8 Å². The van der Waals surface area contributed by atoms with Crippen molar-refractivity contribution in [1.82, 2.24) is 10.8 Å². The summed E-state index contributed by atoms with van der Waals surface area (Å²) in [6, 6.07) is -0.706. The molecule has 2 aliphatic rings. The molecule has 2 aliphatic carbocycles. The Balaban J connectivity index is 2.17. The zero-order chi connectivity index (χ0) is 23.5. The summed E-state index contributed by atoms with van der Waals surface area (Å²) < 4.78 is 5.76. The van der Waals surface area contributed by atoms with E-state index in [1.54, 1.807) is 11.6 Å². The lowest BCUT2D eigenvalue weighted by Gasteiger charge is -2.30. The maximum absolute atomic E-state index is 13.4. The number of rotatable bonds is 12. The molecule has 32 heavy (non-hydrogen) atoms. The molecule has 0 aliphatic heterocycles. The zero-order valence-corrected chi connectivity index (χ0v) is 19.8. The van der Waals surface area contributed by atoms with Crippen LogP contribution in [-0.2, 0) is 19.1 Å². The molecule has 3 atom stereocenters. The molecule has 3 unspecified atom stereocenters. The Bertz CT molecular complexity index is 624. The van der Waals surface area contributed by atoms with Crippen LogP contribution in [0.15, 0.2) is 12.7 Å². The van der Waals surface area contributed by atoms with E-state index in [0.717, 1.165) is 51.4 Å². The molecule has 7 nitrogen and oxygen atoms in total. The summed E-state index contributed by atoms with van der Waals surface area (Å²) in [5, 5.41) is 12.2. The number of hydrogen-bond donors (Lipinski definition) is 3. The van der Waals surface area contributed by atoms with Gasteiger partial charge in [0.15, 0.2) is 0 Å². The van der Waals surface area contributed by atoms with Gasteiger partial charge in [0, 0.05) is 0 Å². The van der Waals surface area contributed by atoms with Crippen LogP contribution in [0.3, 0.4) is 0 Å². The van der Waals surface area contributed by atoms with Crippen molar-refractivity contribution in [3.63, 3.8) is 0 Å². The maximum atomic E-state index is 13.4. The summed E-state index contributed by atoms with van der Waals surface area (Å²) in [6.45, 7) is 7.66. The van der Waals surface area contributed by atoms with Crippen LogP contribution in [-0.4, -0.2) is 35.1 Å². The second-order valence-electron chi connectivity index (χ2n) is 9.99. The van der Waals surface area contributed by atoms with Crippen LogP contribution in [0.25, 0.3) is 0 Å². The van der Waals surface area contributed by atoms with Gasteiger partial charge in [-0.05, 0) is 56.8 Å². The predicted molar refractivity (Wildman–Crippen MR) is 123 cm³/mol. The number of allylic oxidation sites excluding steroid dienone is 1. The average Bonchev–Trinajstić information content (AvgIpc) is 3.28. The Morgan fingerprint density at radius 2 is 1.62 bits per heavy atom. The third kappa shape index (κ3) is 8.23. The van der Waals surface area contributed by atoms with Crippen molar-refractivity contribution in [2.75, 3.05) is 0 Å². The minimum atomic E-state index is -0.749. The second-order valence-corrected chi connectivity index (χ2v) is 9.99. The van der Waals surface area contributed by atoms with Crippen molar-refractivity contribution in [2.24, 2.45) is 23.7 Å². The van der Waals surface area contributed by atoms with Crippen molar-refractivity contribution >= 4 is 17.8 Å². The predicted octanol–water partition coefficient (Wildman–Crippen LogP) is 4.29. The van der Waals surface area contributed by atoms with Crippen LogP contribution in [0, 0.1) is 23.7 Å². The molecule has 2 amide bonds. The molecule has 0 bridgehead atoms. The smallest absolute Gasteiger partial charge is 0.328 e. The third-order valence-corrected chi connectivity index (χ3v) is 6.90. The lowest BCUT2D eigenvalue weighted by molar-refractivity contribution is -0.154. The third-order valence-electron chi connectivity index (χ3n) is 6.90. The van der Waals surface area contributed by atoms with Crippen LogP contribution in [0.1, 0.15) is 90.9 Å². The summed E-state index contributed by atoms with van der Waals surface area (Å²) in [6.07, 6.45) is 12.3. The monoisotopic (exact) mass is 450 g/mol. The summed E-state index contributed by atoms with van der Waals surface area (Å²) >= 11 is 0. The summed E-state index contributed by atoms with van der Waals surface area (Å²) in [4.78, 5) is 38.8. The van der Waals surface area contributed by atoms with Gasteiger partial charge in [0.25, 0.3) is 0 Å². The Labute approximate surface area is 192 Å². The molecule has 0 saturated heterocycles. The molecule has 2 fully saturated rings. The molecular weight excluding hydrogens is 408 g/mol. The first-order valence-electron chi connectivity index (χ1n) is 12.4. The number of amides is 2. The van der Waals surface area contributed by atoms with Gasteiger partial charge >= 0.3 is 5.97 Å². The lowest BCUT2D eigenvalue weighted by atomic mass is 9.81. The SMILES string of the molecule is C=CCC(C(=O)NO)C(CC(C)C)C(=O)NC(CC1CCCCC1)C(=O)OC1CCCC1. The Kier molecular flexibility index (Phi) is 11.2. The van der Waals surface area contributed by atoms with Crippen LogP contribution >= 0.6 is 0 Å². The van der Waals surface area contributed by atoms with E-state index in [-0.39, 0.29) is 30.3 Å². The van der Waals surface area contributed by atoms with Gasteiger partial charge in [-0.15, -0.1) is 6.58 Å². The molecule has 2 saturated carbocycles. The molecule has 7 heteroatoms. The van der Waals surface area contributed by atoms with E-state index in [1.807, 2.05) is 13.8 Å². The van der Waals surface area contributed by atoms with Crippen LogP contribution in [0.2, 0.25) is 0 Å². The number of carbonyl (C=O) groups is 3. The minimum absolute atomic E-state index is 0.0617. The fourth-order valence-corrected chi connectivity index (χ4v) is 5.18. The quantitative estimate of drug-likeness (QED) is 0.178. The summed E-state index contributed by atoms with van der Waals surface area (Å²) in [5.41, 5.74) is 1.69. The van der Waals surface area contributed by atoms with Crippen molar-refractivity contribution < 1.29 is 24.3 Å². The average molecular weight is 451 g/mol. The number of hydroxylamine groups is 1. The van der Waals surface area contributed by atoms with E-state index in [2.05, 4.69) is 11.9 Å². The van der Waals surface area contributed by atoms with Gasteiger partial charge in [0.1, 0.15) is 12.1 Å². The molecule has 0 heterocycles. The van der Waals surface area contributed by atoms with Gasteiger partial charge in [-0.1, -0.05) is 52.0 Å². The molecular formula is C25H42N2O5. The second kappa shape index (κ2) is 13.6. The van der Waals surface area contributed by atoms with Crippen molar-refractivity contribution in [3.05, 3.63) is 12.7 Å². The highest BCUT2D eigenvalue weighted by molar-refractivity contribution is 5.90. The van der Waals surface area contributed by atoms with Crippen molar-refractivity contribution in [1.29, 1.82) is 0 Å². The largest absolute Gasteiger partial charge is 0.461 e. The van der Waals surface area contributed by atoms with Gasteiger partial charge in [-0.25, -0.2) is 10.3 Å². The molecule has 0 aromatic carbocycles. The fourth-order valence-electron chi connectivity index (χ4n) is 5.18. The summed E-state index contributed by atoms with van der Waals surface area (Å²) in [5.74, 6) is -2.17. The van der Waals surface area contributed by atoms with Gasteiger partial charge in [0.05, 0.1) is 11.8 Å². The van der Waals surface area contributed by atoms with E-state index in [1.165, 1.54) is 6.42 Å². The number of nitrogens with one attached hydrogen (secondary N) is 2. The maximum Gasteiger partial charge on any atom is 0.328 e. The first-order chi connectivity index (χ1) is 15.3. The van der Waals surface area contributed by atoms with E-state index < -0.39 is 23.8 Å². The molecule has 0 radical (unpaired) electrons. The number of hydrogen-bond acceptors (Lipinski definition) is 5. The van der Waals surface area contributed by atoms with Crippen molar-refractivity contribution in [2.45, 2.75) is 103 Å². The van der Waals surface area contributed by atoms with E-state index in [4.69, 9.17) is 4.74 Å². The lowest BCUT2D eigenvalue weighted by Crippen LogP contribution is -2.49. The Hall–Kier alpha value is -1.89. The van der Waals surface area contributed by atoms with Crippen LogP contribution < -0.4 is 10.8 Å². The first kappa shape index (κ1) is 26.4. The van der Waals surface area contributed by atoms with Gasteiger partial charge in [-0.2, -0.15) is 0 Å². The fraction of sp³-hybridized carbons (Fsp3) is 0.800. The number of esters is 1. The number of ether oxygens (including phenoxy) is 1. The van der Waals surface area contributed by atoms with Gasteiger partial charge < -0.3 is 10.1 Å². The minimum Gasteiger partial charge on any atom is -0.461 e. The van der Waals surface area contributed by atoms with E-state index in [9.17, 15) is 19.6 Å². The molecule has 2 rings (SSSR count). The molecule has 0 spiro atoms. The molecule has 182 valence electrons. The molecule has 0 aromatic rings. The van der Waals surface area contributed by atoms with Crippen LogP contribution in [0.4, 0.5) is 0 Å². The molecule has 3 N–H and O–H groups in total. The van der Waals surface area contributed by atoms with E-state index in [0.29, 0.717) is 18.8 Å². The van der Waals surface area contributed by atoms with E-state index >= 15 is 0 Å². The zero-order valence-electron chi connectivity index (χ0n) is 19.8. The van der Waals surface area contributed by atoms with Gasteiger partial charge in [0.2, 0.25) is 11.8 Å². The summed E-state index contributed by atoms with van der Waals surface area (Å²) in [7, 11) is 0. The standard InChI is InChI=1S/C25H42N2O5/c1-4-10-20(24(29)27-31)21(15-17(2)3)23(28)26-22(16-18-11-6-5-7-12-18)25(30)32-19-13-8-9-14-19/h4,17-22,31H,1,5-16H2,2-3H3,(H,26,28)(H,27,29). The van der Waals surface area contributed by atoms with Crippen molar-refractivity contribution in [3.8, 4) is 0 Å².